The molecule has 9 nitrogen and oxygen atoms in total. The van der Waals surface area contributed by atoms with E-state index >= 15 is 0 Å². The van der Waals surface area contributed by atoms with Gasteiger partial charge >= 0.3 is 18.1 Å². The summed E-state index contributed by atoms with van der Waals surface area (Å²) in [5.74, 6) is -3.56. The first-order chi connectivity index (χ1) is 19.3. The quantitative estimate of drug-likeness (QED) is 0.414. The van der Waals surface area contributed by atoms with Gasteiger partial charge in [-0.2, -0.15) is 18.4 Å². The van der Waals surface area contributed by atoms with Gasteiger partial charge in [-0.1, -0.05) is 6.07 Å². The van der Waals surface area contributed by atoms with Gasteiger partial charge < -0.3 is 19.7 Å². The first-order valence-corrected chi connectivity index (χ1v) is 12.9. The number of β-amino-alcohol motifs (C(OH)–C–C–N with tert-alkyl or cyclic N) is 1. The fraction of sp³-hybridized carbons (Fsp3) is 0.464. The van der Waals surface area contributed by atoms with E-state index in [1.165, 1.54) is 6.07 Å². The summed E-state index contributed by atoms with van der Waals surface area (Å²) in [7, 11) is 0. The number of carboxylic acids is 1. The summed E-state index contributed by atoms with van der Waals surface area (Å²) in [6.45, 7) is 8.11. The molecular weight excluding hydrogens is 550 g/mol. The summed E-state index contributed by atoms with van der Waals surface area (Å²) in [4.78, 5) is 25.3. The highest BCUT2D eigenvalue weighted by molar-refractivity contribution is 5.93. The number of morpholine rings is 1. The van der Waals surface area contributed by atoms with Crippen molar-refractivity contribution in [1.29, 1.82) is 5.26 Å². The molecule has 2 aromatic carbocycles. The lowest BCUT2D eigenvalue weighted by molar-refractivity contribution is -0.192. The van der Waals surface area contributed by atoms with Gasteiger partial charge in [-0.3, -0.25) is 9.80 Å². The Balaban J connectivity index is 0.000000493. The van der Waals surface area contributed by atoms with Crippen LogP contribution in [-0.2, 0) is 20.9 Å². The molecule has 2 aromatic rings. The number of nitrogens with zero attached hydrogens (tertiary/aromatic N) is 3. The monoisotopic (exact) mass is 579 g/mol. The lowest BCUT2D eigenvalue weighted by Crippen LogP contribution is -2.58. The fourth-order valence-corrected chi connectivity index (χ4v) is 5.39. The number of aliphatic hydroxyl groups excluding tert-OH is 1. The average molecular weight is 580 g/mol. The smallest absolute Gasteiger partial charge is 0.475 e. The Morgan fingerprint density at radius 2 is 1.93 bits per heavy atom. The van der Waals surface area contributed by atoms with Crippen LogP contribution >= 0.6 is 0 Å². The molecule has 0 radical (unpaired) electrons. The number of carboxylic acid groups (broad SMARTS) is 1. The largest absolute Gasteiger partial charge is 0.490 e. The Bertz CT molecular complexity index is 1380. The van der Waals surface area contributed by atoms with Gasteiger partial charge in [-0.15, -0.1) is 0 Å². The number of esters is 1. The second kappa shape index (κ2) is 12.1. The van der Waals surface area contributed by atoms with Crippen LogP contribution in [0.4, 0.5) is 17.6 Å². The summed E-state index contributed by atoms with van der Waals surface area (Å²) < 4.78 is 56.9. The minimum absolute atomic E-state index is 0.0832. The number of aliphatic hydroxyl groups is 1. The summed E-state index contributed by atoms with van der Waals surface area (Å²) in [6, 6.07) is 8.94. The molecule has 3 heterocycles. The maximum Gasteiger partial charge on any atom is 0.490 e. The maximum atomic E-state index is 13.9. The molecule has 0 spiro atoms. The molecule has 41 heavy (non-hydrogen) atoms. The molecular formula is C28H29F4N3O6. The number of aryl methyl sites for hydroxylation is 1. The topological polar surface area (TPSA) is 123 Å². The van der Waals surface area contributed by atoms with Crippen molar-refractivity contribution in [2.24, 2.45) is 0 Å². The Morgan fingerprint density at radius 3 is 2.59 bits per heavy atom. The van der Waals surface area contributed by atoms with Crippen molar-refractivity contribution < 1.29 is 46.8 Å². The van der Waals surface area contributed by atoms with E-state index in [0.717, 1.165) is 41.9 Å². The van der Waals surface area contributed by atoms with Gasteiger partial charge in [0.15, 0.2) is 0 Å². The number of benzene rings is 2. The summed E-state index contributed by atoms with van der Waals surface area (Å²) in [6.07, 6.45) is -5.93. The average Bonchev–Trinajstić information content (AvgIpc) is 3.27. The SMILES string of the molecule is Cc1cc2c(cc1C(O)CN1CCN3C[C@@H](c4ccc(F)c(C#N)c4C)OC[C@@H]3C1)COC2=O.O=C(O)C(F)(F)F. The lowest BCUT2D eigenvalue weighted by Gasteiger charge is -2.46. The van der Waals surface area contributed by atoms with Crippen molar-refractivity contribution in [1.82, 2.24) is 9.80 Å². The van der Waals surface area contributed by atoms with E-state index in [1.54, 1.807) is 13.0 Å². The Kier molecular flexibility index (Phi) is 8.98. The number of aliphatic carboxylic acids is 1. The van der Waals surface area contributed by atoms with Crippen molar-refractivity contribution in [2.45, 2.75) is 44.9 Å². The summed E-state index contributed by atoms with van der Waals surface area (Å²) in [5, 5.41) is 27.4. The molecule has 1 unspecified atom stereocenters. The first kappa shape index (κ1) is 30.4. The van der Waals surface area contributed by atoms with Crippen LogP contribution in [0.3, 0.4) is 0 Å². The van der Waals surface area contributed by atoms with Gasteiger partial charge in [0.25, 0.3) is 0 Å². The standard InChI is InChI=1S/C26H28FN3O4.C2HF3O2/c1-15-7-21-17(13-34-26(21)32)8-20(15)24(31)11-29-5-6-30-12-25(33-14-18(30)10-29)19-3-4-23(27)22(9-28)16(19)2;3-2(4,5)1(6)7/h3-4,7-8,18,24-25,31H,5-6,10-14H2,1-2H3;(H,6,7)/t18-,24?,25-;/m0./s1. The van der Waals surface area contributed by atoms with Crippen molar-refractivity contribution in [3.8, 4) is 6.07 Å². The molecule has 13 heteroatoms. The maximum absolute atomic E-state index is 13.9. The molecule has 2 fully saturated rings. The first-order valence-electron chi connectivity index (χ1n) is 12.9. The zero-order valence-corrected chi connectivity index (χ0v) is 22.4. The van der Waals surface area contributed by atoms with E-state index in [1.807, 2.05) is 25.1 Å². The van der Waals surface area contributed by atoms with Crippen molar-refractivity contribution in [2.75, 3.05) is 39.3 Å². The number of halogens is 4. The third-order valence-corrected chi connectivity index (χ3v) is 7.60. The molecule has 220 valence electrons. The van der Waals surface area contributed by atoms with Crippen LogP contribution < -0.4 is 0 Å². The molecule has 3 aliphatic heterocycles. The fourth-order valence-electron chi connectivity index (χ4n) is 5.39. The molecule has 0 aliphatic carbocycles. The van der Waals surface area contributed by atoms with Crippen LogP contribution in [0.15, 0.2) is 24.3 Å². The molecule has 0 bridgehead atoms. The second-order valence-corrected chi connectivity index (χ2v) is 10.2. The van der Waals surface area contributed by atoms with E-state index in [9.17, 15) is 32.7 Å². The Labute approximate surface area is 233 Å². The number of ether oxygens (including phenoxy) is 2. The van der Waals surface area contributed by atoms with Crippen LogP contribution in [0.25, 0.3) is 0 Å². The number of rotatable bonds is 4. The molecule has 2 saturated heterocycles. The molecule has 0 aromatic heterocycles. The van der Waals surface area contributed by atoms with E-state index in [4.69, 9.17) is 19.4 Å². The number of fused-ring (bicyclic) bond motifs is 2. The summed E-state index contributed by atoms with van der Waals surface area (Å²) in [5.41, 5.74) is 4.73. The zero-order valence-electron chi connectivity index (χ0n) is 22.4. The highest BCUT2D eigenvalue weighted by atomic mass is 19.4. The van der Waals surface area contributed by atoms with Crippen LogP contribution in [0, 0.1) is 31.0 Å². The molecule has 5 rings (SSSR count). The number of hydrogen-bond acceptors (Lipinski definition) is 8. The molecule has 0 saturated carbocycles. The normalized spacial score (nSPS) is 21.6. The number of nitriles is 1. The Hall–Kier alpha value is -3.57. The van der Waals surface area contributed by atoms with E-state index in [-0.39, 0.29) is 30.3 Å². The van der Waals surface area contributed by atoms with Gasteiger partial charge in [-0.05, 0) is 54.3 Å². The van der Waals surface area contributed by atoms with E-state index in [2.05, 4.69) is 9.80 Å². The van der Waals surface area contributed by atoms with Gasteiger partial charge in [-0.25, -0.2) is 14.0 Å². The third-order valence-electron chi connectivity index (χ3n) is 7.60. The van der Waals surface area contributed by atoms with E-state index < -0.39 is 24.1 Å². The van der Waals surface area contributed by atoms with Gasteiger partial charge in [0.05, 0.1) is 29.9 Å². The predicted octanol–water partition coefficient (Wildman–Crippen LogP) is 3.41. The van der Waals surface area contributed by atoms with Crippen LogP contribution in [0.1, 0.15) is 55.9 Å². The number of hydrogen-bond donors (Lipinski definition) is 2. The van der Waals surface area contributed by atoms with Crippen LogP contribution in [0.5, 0.6) is 0 Å². The van der Waals surface area contributed by atoms with Crippen LogP contribution in [0.2, 0.25) is 0 Å². The number of carbonyl (C=O) groups is 2. The lowest BCUT2D eigenvalue weighted by atomic mass is 9.95. The predicted molar refractivity (Wildman–Crippen MR) is 135 cm³/mol. The minimum atomic E-state index is -5.08. The zero-order chi connectivity index (χ0) is 30.1. The molecule has 0 amide bonds. The van der Waals surface area contributed by atoms with Crippen molar-refractivity contribution in [3.63, 3.8) is 0 Å². The number of alkyl halides is 3. The second-order valence-electron chi connectivity index (χ2n) is 10.2. The van der Waals surface area contributed by atoms with Crippen molar-refractivity contribution >= 4 is 11.9 Å². The van der Waals surface area contributed by atoms with Gasteiger partial charge in [0.1, 0.15) is 18.5 Å². The van der Waals surface area contributed by atoms with Crippen LogP contribution in [-0.4, -0.2) is 83.5 Å². The third kappa shape index (κ3) is 6.68. The molecule has 3 atom stereocenters. The van der Waals surface area contributed by atoms with Gasteiger partial charge in [0, 0.05) is 44.3 Å². The molecule has 3 aliphatic rings. The minimum Gasteiger partial charge on any atom is -0.475 e. The number of carbonyl (C=O) groups excluding carboxylic acids is 1. The van der Waals surface area contributed by atoms with Gasteiger partial charge in [0.2, 0.25) is 0 Å². The highest BCUT2D eigenvalue weighted by Gasteiger charge is 2.38. The number of piperazine rings is 1. The molecule has 2 N–H and O–H groups in total. The van der Waals surface area contributed by atoms with Crippen molar-refractivity contribution in [3.05, 3.63) is 69.0 Å². The number of cyclic esters (lactones) is 1. The van der Waals surface area contributed by atoms with E-state index in [0.29, 0.717) is 30.8 Å². The summed E-state index contributed by atoms with van der Waals surface area (Å²) >= 11 is 0. The Morgan fingerprint density at radius 1 is 1.22 bits per heavy atom. The highest BCUT2D eigenvalue weighted by Crippen LogP contribution is 2.32.